The molecule has 23 heavy (non-hydrogen) atoms. The number of methoxy groups -OCH3 is 1. The predicted molar refractivity (Wildman–Crippen MR) is 102 cm³/mol. The van der Waals surface area contributed by atoms with E-state index in [-0.39, 0.29) is 0 Å². The van der Waals surface area contributed by atoms with Gasteiger partial charge in [-0.15, -0.1) is 0 Å². The summed E-state index contributed by atoms with van der Waals surface area (Å²) < 4.78 is 5.37. The second kappa shape index (κ2) is 12.1. The fourth-order valence-electron chi connectivity index (χ4n) is 3.02. The SMILES string of the molecule is C1CCNC1.CC.COC1CCC(c2ccc(Cl)c(Cl)c2)CC1. The van der Waals surface area contributed by atoms with Crippen molar-refractivity contribution in [3.63, 3.8) is 0 Å². The topological polar surface area (TPSA) is 21.3 Å². The molecule has 2 fully saturated rings. The quantitative estimate of drug-likeness (QED) is 0.692. The zero-order chi connectivity index (χ0) is 17.1. The maximum atomic E-state index is 6.03. The van der Waals surface area contributed by atoms with Crippen LogP contribution in [0.15, 0.2) is 18.2 Å². The van der Waals surface area contributed by atoms with E-state index >= 15 is 0 Å². The first kappa shape index (κ1) is 20.8. The molecule has 132 valence electrons. The van der Waals surface area contributed by atoms with Crippen LogP contribution in [0.1, 0.15) is 63.9 Å². The molecule has 2 nitrogen and oxygen atoms in total. The van der Waals surface area contributed by atoms with Gasteiger partial charge < -0.3 is 10.1 Å². The van der Waals surface area contributed by atoms with Crippen LogP contribution in [0.2, 0.25) is 10.0 Å². The fourth-order valence-corrected chi connectivity index (χ4v) is 3.33. The van der Waals surface area contributed by atoms with Gasteiger partial charge in [0.15, 0.2) is 0 Å². The lowest BCUT2D eigenvalue weighted by atomic mass is 9.83. The van der Waals surface area contributed by atoms with E-state index in [0.29, 0.717) is 22.1 Å². The Hall–Kier alpha value is -0.280. The molecule has 0 unspecified atom stereocenters. The van der Waals surface area contributed by atoms with Crippen molar-refractivity contribution < 1.29 is 4.74 Å². The van der Waals surface area contributed by atoms with Gasteiger partial charge in [0.05, 0.1) is 16.1 Å². The Kier molecular flexibility index (Phi) is 11.0. The minimum Gasteiger partial charge on any atom is -0.381 e. The van der Waals surface area contributed by atoms with E-state index in [2.05, 4.69) is 11.4 Å². The molecule has 0 amide bonds. The van der Waals surface area contributed by atoms with Crippen molar-refractivity contribution in [2.24, 2.45) is 0 Å². The van der Waals surface area contributed by atoms with Crippen molar-refractivity contribution in [1.82, 2.24) is 5.32 Å². The molecule has 1 heterocycles. The van der Waals surface area contributed by atoms with Crippen LogP contribution in [0.5, 0.6) is 0 Å². The lowest BCUT2D eigenvalue weighted by Crippen LogP contribution is -2.19. The van der Waals surface area contributed by atoms with Gasteiger partial charge in [-0.1, -0.05) is 43.1 Å². The summed E-state index contributed by atoms with van der Waals surface area (Å²) in [5, 5.41) is 4.52. The van der Waals surface area contributed by atoms with E-state index in [1.54, 1.807) is 7.11 Å². The number of nitrogens with one attached hydrogen (secondary N) is 1. The van der Waals surface area contributed by atoms with Gasteiger partial charge in [-0.2, -0.15) is 0 Å². The Morgan fingerprint density at radius 3 is 2.00 bits per heavy atom. The lowest BCUT2D eigenvalue weighted by Gasteiger charge is -2.28. The molecule has 1 aliphatic heterocycles. The van der Waals surface area contributed by atoms with E-state index in [0.717, 1.165) is 12.8 Å². The molecular formula is C19H31Cl2NO. The van der Waals surface area contributed by atoms with Crippen molar-refractivity contribution >= 4 is 23.2 Å². The minimum absolute atomic E-state index is 0.444. The number of benzene rings is 1. The third-order valence-corrected chi connectivity index (χ3v) is 5.12. The normalized spacial score (nSPS) is 23.3. The number of rotatable bonds is 2. The lowest BCUT2D eigenvalue weighted by molar-refractivity contribution is 0.0659. The molecule has 3 rings (SSSR count). The zero-order valence-electron chi connectivity index (χ0n) is 14.7. The van der Waals surface area contributed by atoms with Gasteiger partial charge in [-0.05, 0) is 75.2 Å². The van der Waals surface area contributed by atoms with Crippen LogP contribution in [-0.2, 0) is 4.74 Å². The van der Waals surface area contributed by atoms with Crippen molar-refractivity contribution in [3.8, 4) is 0 Å². The highest BCUT2D eigenvalue weighted by Crippen LogP contribution is 2.36. The van der Waals surface area contributed by atoms with E-state index in [1.807, 2.05) is 26.0 Å². The average Bonchev–Trinajstić information content (AvgIpc) is 3.19. The molecule has 1 saturated carbocycles. The summed E-state index contributed by atoms with van der Waals surface area (Å²) in [4.78, 5) is 0. The molecule has 0 bridgehead atoms. The Morgan fingerprint density at radius 1 is 0.957 bits per heavy atom. The van der Waals surface area contributed by atoms with Crippen molar-refractivity contribution in [1.29, 1.82) is 0 Å². The smallest absolute Gasteiger partial charge is 0.0595 e. The van der Waals surface area contributed by atoms with Crippen molar-refractivity contribution in [3.05, 3.63) is 33.8 Å². The standard InChI is InChI=1S/C13H16Cl2O.C4H9N.C2H6/c1-16-11-5-2-9(3-6-11)10-4-7-12(14)13(15)8-10;1-2-4-5-3-1;1-2/h4,7-9,11H,2-3,5-6H2,1H3;5H,1-4H2;1-2H3. The highest BCUT2D eigenvalue weighted by atomic mass is 35.5. The number of hydrogen-bond acceptors (Lipinski definition) is 2. The Labute approximate surface area is 151 Å². The first-order chi connectivity index (χ1) is 11.2. The molecule has 0 aromatic heterocycles. The fraction of sp³-hybridized carbons (Fsp3) is 0.684. The Balaban J connectivity index is 0.000000317. The molecular weight excluding hydrogens is 329 g/mol. The monoisotopic (exact) mass is 359 g/mol. The summed E-state index contributed by atoms with van der Waals surface area (Å²) in [5.74, 6) is 0.612. The van der Waals surface area contributed by atoms with Crippen LogP contribution in [0.25, 0.3) is 0 Å². The predicted octanol–water partition coefficient (Wildman–Crippen LogP) is 6.06. The summed E-state index contributed by atoms with van der Waals surface area (Å²) in [6.45, 7) is 6.50. The summed E-state index contributed by atoms with van der Waals surface area (Å²) in [6, 6.07) is 5.98. The van der Waals surface area contributed by atoms with Gasteiger partial charge in [0.1, 0.15) is 0 Å². The molecule has 1 N–H and O–H groups in total. The molecule has 1 aliphatic carbocycles. The Morgan fingerprint density at radius 2 is 1.57 bits per heavy atom. The molecule has 0 radical (unpaired) electrons. The van der Waals surface area contributed by atoms with E-state index in [4.69, 9.17) is 27.9 Å². The molecule has 1 aromatic carbocycles. The van der Waals surface area contributed by atoms with Crippen molar-refractivity contribution in [2.45, 2.75) is 64.4 Å². The molecule has 0 spiro atoms. The average molecular weight is 360 g/mol. The van der Waals surface area contributed by atoms with Crippen LogP contribution in [0.4, 0.5) is 0 Å². The van der Waals surface area contributed by atoms with Gasteiger partial charge in [0.2, 0.25) is 0 Å². The van der Waals surface area contributed by atoms with E-state index < -0.39 is 0 Å². The van der Waals surface area contributed by atoms with Gasteiger partial charge >= 0.3 is 0 Å². The van der Waals surface area contributed by atoms with Crippen molar-refractivity contribution in [2.75, 3.05) is 20.2 Å². The maximum Gasteiger partial charge on any atom is 0.0595 e. The van der Waals surface area contributed by atoms with Crippen LogP contribution < -0.4 is 5.32 Å². The summed E-state index contributed by atoms with van der Waals surface area (Å²) >= 11 is 11.9. The van der Waals surface area contributed by atoms with Gasteiger partial charge in [-0.25, -0.2) is 0 Å². The maximum absolute atomic E-state index is 6.03. The highest BCUT2D eigenvalue weighted by molar-refractivity contribution is 6.42. The van der Waals surface area contributed by atoms with Crippen LogP contribution in [0.3, 0.4) is 0 Å². The number of hydrogen-bond donors (Lipinski definition) is 1. The van der Waals surface area contributed by atoms with E-state index in [1.165, 1.54) is 44.3 Å². The molecule has 1 saturated heterocycles. The largest absolute Gasteiger partial charge is 0.381 e. The molecule has 0 atom stereocenters. The first-order valence-electron chi connectivity index (χ1n) is 8.89. The second-order valence-electron chi connectivity index (χ2n) is 5.84. The summed E-state index contributed by atoms with van der Waals surface area (Å²) in [5.41, 5.74) is 1.31. The second-order valence-corrected chi connectivity index (χ2v) is 6.65. The summed E-state index contributed by atoms with van der Waals surface area (Å²) in [7, 11) is 1.80. The van der Waals surface area contributed by atoms with Crippen LogP contribution in [0, 0.1) is 0 Å². The van der Waals surface area contributed by atoms with Gasteiger partial charge in [0.25, 0.3) is 0 Å². The minimum atomic E-state index is 0.444. The van der Waals surface area contributed by atoms with Gasteiger partial charge in [0, 0.05) is 7.11 Å². The van der Waals surface area contributed by atoms with Gasteiger partial charge in [-0.3, -0.25) is 0 Å². The molecule has 1 aromatic rings. The zero-order valence-corrected chi connectivity index (χ0v) is 16.2. The third-order valence-electron chi connectivity index (χ3n) is 4.38. The molecule has 2 aliphatic rings. The van der Waals surface area contributed by atoms with Crippen LogP contribution in [-0.4, -0.2) is 26.3 Å². The summed E-state index contributed by atoms with van der Waals surface area (Å²) in [6.07, 6.45) is 7.86. The Bertz CT molecular complexity index is 420. The number of halogens is 2. The highest BCUT2D eigenvalue weighted by Gasteiger charge is 2.22. The molecule has 4 heteroatoms. The number of ether oxygens (including phenoxy) is 1. The first-order valence-corrected chi connectivity index (χ1v) is 9.64. The third kappa shape index (κ3) is 7.43. The van der Waals surface area contributed by atoms with E-state index in [9.17, 15) is 0 Å². The van der Waals surface area contributed by atoms with Crippen LogP contribution >= 0.6 is 23.2 Å².